The number of hydrogen-bond donors (Lipinski definition) is 2. The Morgan fingerprint density at radius 3 is 2.68 bits per heavy atom. The largest absolute Gasteiger partial charge is 0.374 e. The van der Waals surface area contributed by atoms with E-state index in [1.54, 1.807) is 12.1 Å². The molecule has 2 rings (SSSR count). The molecule has 1 aliphatic heterocycles. The highest BCUT2D eigenvalue weighted by Crippen LogP contribution is 2.11. The highest BCUT2D eigenvalue weighted by Gasteiger charge is 2.18. The second-order valence-electron chi connectivity index (χ2n) is 4.55. The normalized spacial score (nSPS) is 20.4. The van der Waals surface area contributed by atoms with Gasteiger partial charge < -0.3 is 10.1 Å². The molecule has 6 heteroatoms. The maximum Gasteiger partial charge on any atom is 0.240 e. The lowest BCUT2D eigenvalue weighted by Gasteiger charge is -2.23. The smallest absolute Gasteiger partial charge is 0.240 e. The summed E-state index contributed by atoms with van der Waals surface area (Å²) < 4.78 is 32.2. The lowest BCUT2D eigenvalue weighted by atomic mass is 10.2. The summed E-state index contributed by atoms with van der Waals surface area (Å²) in [7, 11) is -3.44. The minimum absolute atomic E-state index is 0.0987. The predicted molar refractivity (Wildman–Crippen MR) is 73.6 cm³/mol. The zero-order valence-corrected chi connectivity index (χ0v) is 11.9. The Labute approximate surface area is 114 Å². The van der Waals surface area contributed by atoms with Crippen molar-refractivity contribution in [3.8, 4) is 0 Å². The van der Waals surface area contributed by atoms with Crippen molar-refractivity contribution in [1.29, 1.82) is 0 Å². The van der Waals surface area contributed by atoms with Crippen LogP contribution in [-0.2, 0) is 21.2 Å². The summed E-state index contributed by atoms with van der Waals surface area (Å²) >= 11 is 0. The van der Waals surface area contributed by atoms with Crippen LogP contribution in [0.25, 0.3) is 0 Å². The first kappa shape index (κ1) is 14.5. The van der Waals surface area contributed by atoms with E-state index in [9.17, 15) is 8.42 Å². The first-order chi connectivity index (χ1) is 9.12. The molecular formula is C13H20N2O3S. The minimum atomic E-state index is -3.44. The fourth-order valence-corrected chi connectivity index (χ4v) is 3.01. The van der Waals surface area contributed by atoms with E-state index in [2.05, 4.69) is 10.0 Å². The van der Waals surface area contributed by atoms with E-state index in [1.807, 2.05) is 19.1 Å². The van der Waals surface area contributed by atoms with Crippen molar-refractivity contribution >= 4 is 10.0 Å². The molecule has 0 bridgehead atoms. The molecule has 2 N–H and O–H groups in total. The Morgan fingerprint density at radius 2 is 2.11 bits per heavy atom. The monoisotopic (exact) mass is 284 g/mol. The van der Waals surface area contributed by atoms with Crippen molar-refractivity contribution in [3.63, 3.8) is 0 Å². The molecule has 5 nitrogen and oxygen atoms in total. The zero-order valence-electron chi connectivity index (χ0n) is 11.1. The molecule has 1 aromatic carbocycles. The number of hydrogen-bond acceptors (Lipinski definition) is 4. The van der Waals surface area contributed by atoms with Crippen molar-refractivity contribution < 1.29 is 13.2 Å². The van der Waals surface area contributed by atoms with Gasteiger partial charge in [-0.2, -0.15) is 0 Å². The molecule has 1 unspecified atom stereocenters. The second-order valence-corrected chi connectivity index (χ2v) is 6.31. The summed E-state index contributed by atoms with van der Waals surface area (Å²) in [4.78, 5) is 0.300. The fourth-order valence-electron chi connectivity index (χ4n) is 1.94. The van der Waals surface area contributed by atoms with Crippen LogP contribution in [-0.4, -0.2) is 40.8 Å². The Morgan fingerprint density at radius 1 is 1.37 bits per heavy atom. The number of morpholine rings is 1. The molecule has 1 saturated heterocycles. The Bertz CT molecular complexity index is 493. The van der Waals surface area contributed by atoms with Crippen LogP contribution >= 0.6 is 0 Å². The number of sulfonamides is 1. The SMILES string of the molecule is CCc1ccc(S(=O)(=O)NCC2CNCCO2)cc1. The van der Waals surface area contributed by atoms with Crippen molar-refractivity contribution in [2.75, 3.05) is 26.2 Å². The maximum absolute atomic E-state index is 12.1. The summed E-state index contributed by atoms with van der Waals surface area (Å²) in [6, 6.07) is 6.96. The molecule has 1 aromatic rings. The van der Waals surface area contributed by atoms with Gasteiger partial charge in [0.05, 0.1) is 17.6 Å². The van der Waals surface area contributed by atoms with Gasteiger partial charge in [0.25, 0.3) is 0 Å². The first-order valence-corrected chi connectivity index (χ1v) is 8.01. The molecule has 106 valence electrons. The Kier molecular flexibility index (Phi) is 4.93. The summed E-state index contributed by atoms with van der Waals surface area (Å²) in [5, 5.41) is 3.17. The van der Waals surface area contributed by atoms with Crippen molar-refractivity contribution in [1.82, 2.24) is 10.0 Å². The third-order valence-corrected chi connectivity index (χ3v) is 4.59. The molecule has 1 aliphatic rings. The van der Waals surface area contributed by atoms with Gasteiger partial charge in [0.1, 0.15) is 0 Å². The lowest BCUT2D eigenvalue weighted by molar-refractivity contribution is 0.0324. The molecule has 0 saturated carbocycles. The van der Waals surface area contributed by atoms with Crippen molar-refractivity contribution in [2.24, 2.45) is 0 Å². The predicted octanol–water partition coefficient (Wildman–Crippen LogP) is 0.516. The number of ether oxygens (including phenoxy) is 1. The van der Waals surface area contributed by atoms with Crippen LogP contribution < -0.4 is 10.0 Å². The van der Waals surface area contributed by atoms with Crippen LogP contribution in [0.15, 0.2) is 29.2 Å². The van der Waals surface area contributed by atoms with Gasteiger partial charge in [-0.15, -0.1) is 0 Å². The molecule has 0 aliphatic carbocycles. The number of aryl methyl sites for hydroxylation is 1. The molecular weight excluding hydrogens is 264 g/mol. The van der Waals surface area contributed by atoms with Crippen LogP contribution in [0.4, 0.5) is 0 Å². The van der Waals surface area contributed by atoms with E-state index >= 15 is 0 Å². The zero-order chi connectivity index (χ0) is 13.7. The average Bonchev–Trinajstić information content (AvgIpc) is 2.46. The summed E-state index contributed by atoms with van der Waals surface area (Å²) in [6.45, 7) is 4.46. The van der Waals surface area contributed by atoms with Gasteiger partial charge in [-0.05, 0) is 24.1 Å². The molecule has 1 atom stereocenters. The van der Waals surface area contributed by atoms with Gasteiger partial charge in [0.15, 0.2) is 0 Å². The average molecular weight is 284 g/mol. The van der Waals surface area contributed by atoms with Gasteiger partial charge in [-0.25, -0.2) is 13.1 Å². The fraction of sp³-hybridized carbons (Fsp3) is 0.538. The molecule has 1 fully saturated rings. The van der Waals surface area contributed by atoms with Crippen LogP contribution in [0.3, 0.4) is 0 Å². The van der Waals surface area contributed by atoms with Crippen LogP contribution in [0.1, 0.15) is 12.5 Å². The molecule has 0 amide bonds. The van der Waals surface area contributed by atoms with Gasteiger partial charge in [0.2, 0.25) is 10.0 Å². The Hall–Kier alpha value is -0.950. The van der Waals surface area contributed by atoms with Crippen LogP contribution in [0, 0.1) is 0 Å². The first-order valence-electron chi connectivity index (χ1n) is 6.53. The Balaban J connectivity index is 1.96. The highest BCUT2D eigenvalue weighted by molar-refractivity contribution is 7.89. The van der Waals surface area contributed by atoms with E-state index in [-0.39, 0.29) is 6.10 Å². The van der Waals surface area contributed by atoms with Crippen LogP contribution in [0.5, 0.6) is 0 Å². The molecule has 1 heterocycles. The molecule has 0 radical (unpaired) electrons. The van der Waals surface area contributed by atoms with E-state index < -0.39 is 10.0 Å². The topological polar surface area (TPSA) is 67.4 Å². The van der Waals surface area contributed by atoms with E-state index in [1.165, 1.54) is 0 Å². The third-order valence-electron chi connectivity index (χ3n) is 3.15. The molecule has 19 heavy (non-hydrogen) atoms. The lowest BCUT2D eigenvalue weighted by Crippen LogP contribution is -2.45. The van der Waals surface area contributed by atoms with E-state index in [4.69, 9.17) is 4.74 Å². The summed E-state index contributed by atoms with van der Waals surface area (Å²) in [5.41, 5.74) is 1.12. The van der Waals surface area contributed by atoms with Crippen LogP contribution in [0.2, 0.25) is 0 Å². The van der Waals surface area contributed by atoms with Crippen molar-refractivity contribution in [3.05, 3.63) is 29.8 Å². The van der Waals surface area contributed by atoms with E-state index in [0.717, 1.165) is 18.5 Å². The number of nitrogens with one attached hydrogen (secondary N) is 2. The van der Waals surface area contributed by atoms with Crippen molar-refractivity contribution in [2.45, 2.75) is 24.3 Å². The van der Waals surface area contributed by atoms with Gasteiger partial charge in [-0.3, -0.25) is 0 Å². The van der Waals surface area contributed by atoms with Gasteiger partial charge >= 0.3 is 0 Å². The summed E-state index contributed by atoms with van der Waals surface area (Å²) in [5.74, 6) is 0. The quantitative estimate of drug-likeness (QED) is 0.827. The highest BCUT2D eigenvalue weighted by atomic mass is 32.2. The summed E-state index contributed by atoms with van der Waals surface area (Å²) in [6.07, 6.45) is 0.799. The molecule has 0 spiro atoms. The molecule has 0 aromatic heterocycles. The second kappa shape index (κ2) is 6.47. The number of benzene rings is 1. The minimum Gasteiger partial charge on any atom is -0.374 e. The van der Waals surface area contributed by atoms with Gasteiger partial charge in [0, 0.05) is 19.6 Å². The van der Waals surface area contributed by atoms with Gasteiger partial charge in [-0.1, -0.05) is 19.1 Å². The van der Waals surface area contributed by atoms with E-state index in [0.29, 0.717) is 24.6 Å². The maximum atomic E-state index is 12.1. The standard InChI is InChI=1S/C13H20N2O3S/c1-2-11-3-5-13(6-4-11)19(16,17)15-10-12-9-14-7-8-18-12/h3-6,12,14-15H,2,7-10H2,1H3. The number of rotatable bonds is 5. The third kappa shape index (κ3) is 4.01.